The third-order valence-corrected chi connectivity index (χ3v) is 2.73. The van der Waals surface area contributed by atoms with Gasteiger partial charge in [0.2, 0.25) is 0 Å². The molecule has 1 aliphatic rings. The molecule has 0 amide bonds. The first-order valence-electron chi connectivity index (χ1n) is 5.34. The van der Waals surface area contributed by atoms with Crippen LogP contribution in [0.5, 0.6) is 0 Å². The molecule has 1 aliphatic heterocycles. The molecular formula is C13H10N2O2. The molecule has 3 rings (SSSR count). The molecule has 0 N–H and O–H groups in total. The highest BCUT2D eigenvalue weighted by Gasteiger charge is 2.22. The highest BCUT2D eigenvalue weighted by Crippen LogP contribution is 2.26. The van der Waals surface area contributed by atoms with E-state index >= 15 is 0 Å². The summed E-state index contributed by atoms with van der Waals surface area (Å²) in [5.74, 6) is 0.561. The Hall–Kier alpha value is -2.23. The van der Waals surface area contributed by atoms with Crippen molar-refractivity contribution in [3.8, 4) is 0 Å². The quantitative estimate of drug-likeness (QED) is 0.751. The van der Waals surface area contributed by atoms with Crippen LogP contribution in [0.3, 0.4) is 0 Å². The van der Waals surface area contributed by atoms with Gasteiger partial charge in [0.1, 0.15) is 0 Å². The molecule has 2 aromatic heterocycles. The van der Waals surface area contributed by atoms with E-state index < -0.39 is 0 Å². The smallest absolute Gasteiger partial charge is 0.172 e. The van der Waals surface area contributed by atoms with E-state index in [1.165, 1.54) is 0 Å². The number of carbonyl (C=O) groups excluding carboxylic acids is 1. The normalized spacial score (nSPS) is 14.4. The molecular weight excluding hydrogens is 216 g/mol. The number of rotatable bonds is 1. The second kappa shape index (κ2) is 3.66. The van der Waals surface area contributed by atoms with Crippen molar-refractivity contribution in [2.45, 2.75) is 13.3 Å². The van der Waals surface area contributed by atoms with Crippen molar-refractivity contribution in [1.29, 1.82) is 0 Å². The average Bonchev–Trinajstić information content (AvgIpc) is 2.83. The lowest BCUT2D eigenvalue weighted by atomic mass is 9.99. The molecule has 0 aromatic carbocycles. The summed E-state index contributed by atoms with van der Waals surface area (Å²) < 4.78 is 5.00. The van der Waals surface area contributed by atoms with Crippen LogP contribution in [0, 0.1) is 6.92 Å². The number of aliphatic imine (C=N–C) groups is 1. The van der Waals surface area contributed by atoms with Gasteiger partial charge in [-0.25, -0.2) is 9.98 Å². The molecule has 0 spiro atoms. The molecule has 0 aliphatic carbocycles. The Kier molecular flexibility index (Phi) is 2.14. The minimum Gasteiger partial charge on any atom is -0.472 e. The lowest BCUT2D eigenvalue weighted by molar-refractivity contribution is 0.0999. The van der Waals surface area contributed by atoms with Crippen LogP contribution in [0.4, 0.5) is 5.82 Å². The fourth-order valence-electron chi connectivity index (χ4n) is 1.87. The molecule has 0 radical (unpaired) electrons. The monoisotopic (exact) mass is 226 g/mol. The Morgan fingerprint density at radius 2 is 2.29 bits per heavy atom. The van der Waals surface area contributed by atoms with Gasteiger partial charge in [-0.15, -0.1) is 0 Å². The highest BCUT2D eigenvalue weighted by atomic mass is 16.3. The van der Waals surface area contributed by atoms with Crippen LogP contribution >= 0.6 is 0 Å². The molecule has 0 saturated heterocycles. The zero-order chi connectivity index (χ0) is 11.8. The number of aryl methyl sites for hydroxylation is 1. The third-order valence-electron chi connectivity index (χ3n) is 2.73. The van der Waals surface area contributed by atoms with Crippen LogP contribution in [0.1, 0.15) is 27.9 Å². The van der Waals surface area contributed by atoms with E-state index in [2.05, 4.69) is 9.98 Å². The zero-order valence-electron chi connectivity index (χ0n) is 9.30. The van der Waals surface area contributed by atoms with E-state index in [0.717, 1.165) is 11.1 Å². The van der Waals surface area contributed by atoms with Crippen molar-refractivity contribution < 1.29 is 9.21 Å². The van der Waals surface area contributed by atoms with Crippen molar-refractivity contribution in [3.05, 3.63) is 47.5 Å². The maximum absolute atomic E-state index is 12.0. The summed E-state index contributed by atoms with van der Waals surface area (Å²) in [6.45, 7) is 1.91. The Bertz CT molecular complexity index is 612. The Balaban J connectivity index is 2.13. The molecule has 0 atom stereocenters. The van der Waals surface area contributed by atoms with E-state index in [9.17, 15) is 4.79 Å². The van der Waals surface area contributed by atoms with Crippen molar-refractivity contribution in [1.82, 2.24) is 4.98 Å². The summed E-state index contributed by atoms with van der Waals surface area (Å²) in [4.78, 5) is 20.6. The molecule has 4 nitrogen and oxygen atoms in total. The van der Waals surface area contributed by atoms with Crippen LogP contribution in [-0.2, 0) is 0 Å². The summed E-state index contributed by atoms with van der Waals surface area (Å²) in [7, 11) is 0. The third kappa shape index (κ3) is 1.67. The molecule has 4 heteroatoms. The van der Waals surface area contributed by atoms with Gasteiger partial charge in [-0.1, -0.05) is 0 Å². The number of furan rings is 1. The van der Waals surface area contributed by atoms with Gasteiger partial charge in [-0.05, 0) is 24.6 Å². The Labute approximate surface area is 98.0 Å². The molecule has 0 fully saturated rings. The van der Waals surface area contributed by atoms with Gasteiger partial charge in [-0.3, -0.25) is 4.79 Å². The van der Waals surface area contributed by atoms with Gasteiger partial charge >= 0.3 is 0 Å². The molecule has 0 saturated carbocycles. The summed E-state index contributed by atoms with van der Waals surface area (Å²) in [5.41, 5.74) is 3.13. The van der Waals surface area contributed by atoms with E-state index in [-0.39, 0.29) is 5.78 Å². The van der Waals surface area contributed by atoms with Crippen LogP contribution in [0.2, 0.25) is 0 Å². The number of hydrogen-bond acceptors (Lipinski definition) is 4. The Morgan fingerprint density at radius 1 is 1.41 bits per heavy atom. The number of aromatic nitrogens is 1. The number of ketones is 1. The molecule has 0 unspecified atom stereocenters. The fourth-order valence-corrected chi connectivity index (χ4v) is 1.87. The SMILES string of the molecule is Cc1cnc2c(c1)C(=O)CC(c1ccoc1)=N2. The van der Waals surface area contributed by atoms with Gasteiger partial charge in [0.05, 0.1) is 30.2 Å². The number of nitrogens with zero attached hydrogens (tertiary/aromatic N) is 2. The zero-order valence-corrected chi connectivity index (χ0v) is 9.30. The van der Waals surface area contributed by atoms with Crippen molar-refractivity contribution in [3.63, 3.8) is 0 Å². The van der Waals surface area contributed by atoms with Gasteiger partial charge in [0.15, 0.2) is 11.6 Å². The van der Waals surface area contributed by atoms with E-state index in [4.69, 9.17) is 4.42 Å². The van der Waals surface area contributed by atoms with Crippen molar-refractivity contribution >= 4 is 17.3 Å². The van der Waals surface area contributed by atoms with Gasteiger partial charge in [0, 0.05) is 11.8 Å². The number of fused-ring (bicyclic) bond motifs is 1. The van der Waals surface area contributed by atoms with Crippen molar-refractivity contribution in [2.75, 3.05) is 0 Å². The molecule has 0 bridgehead atoms. The predicted molar refractivity (Wildman–Crippen MR) is 62.8 cm³/mol. The summed E-state index contributed by atoms with van der Waals surface area (Å²) in [6.07, 6.45) is 5.18. The van der Waals surface area contributed by atoms with Crippen LogP contribution in [-0.4, -0.2) is 16.5 Å². The summed E-state index contributed by atoms with van der Waals surface area (Å²) >= 11 is 0. The second-order valence-corrected chi connectivity index (χ2v) is 4.05. The average molecular weight is 226 g/mol. The van der Waals surface area contributed by atoms with Crippen LogP contribution < -0.4 is 0 Å². The van der Waals surface area contributed by atoms with Gasteiger partial charge in [0.25, 0.3) is 0 Å². The largest absolute Gasteiger partial charge is 0.472 e. The predicted octanol–water partition coefficient (Wildman–Crippen LogP) is 2.69. The maximum atomic E-state index is 12.0. The topological polar surface area (TPSA) is 55.5 Å². The Morgan fingerprint density at radius 3 is 3.06 bits per heavy atom. The standard InChI is InChI=1S/C13H10N2O2/c1-8-4-10-12(16)5-11(9-2-3-17-7-9)15-13(10)14-6-8/h2-4,6-7H,5H2,1H3. The first-order chi connectivity index (χ1) is 8.24. The first-order valence-corrected chi connectivity index (χ1v) is 5.34. The lowest BCUT2D eigenvalue weighted by Gasteiger charge is -2.12. The van der Waals surface area contributed by atoms with Gasteiger partial charge in [-0.2, -0.15) is 0 Å². The first kappa shape index (κ1) is 9.96. The molecule has 17 heavy (non-hydrogen) atoms. The summed E-state index contributed by atoms with van der Waals surface area (Å²) in [5, 5.41) is 0. The number of hydrogen-bond donors (Lipinski definition) is 0. The maximum Gasteiger partial charge on any atom is 0.172 e. The van der Waals surface area contributed by atoms with Crippen molar-refractivity contribution in [2.24, 2.45) is 4.99 Å². The minimum absolute atomic E-state index is 0.0578. The number of pyridine rings is 1. The van der Waals surface area contributed by atoms with E-state index in [1.807, 2.05) is 13.0 Å². The number of carbonyl (C=O) groups is 1. The molecule has 2 aromatic rings. The molecule has 84 valence electrons. The second-order valence-electron chi connectivity index (χ2n) is 4.05. The fraction of sp³-hybridized carbons (Fsp3) is 0.154. The molecule has 3 heterocycles. The van der Waals surface area contributed by atoms with E-state index in [0.29, 0.717) is 23.5 Å². The highest BCUT2D eigenvalue weighted by molar-refractivity contribution is 6.20. The van der Waals surface area contributed by atoms with Crippen LogP contribution in [0.25, 0.3) is 0 Å². The van der Waals surface area contributed by atoms with Crippen LogP contribution in [0.15, 0.2) is 40.3 Å². The minimum atomic E-state index is 0.0578. The lowest BCUT2D eigenvalue weighted by Crippen LogP contribution is -2.14. The summed E-state index contributed by atoms with van der Waals surface area (Å²) in [6, 6.07) is 3.63. The van der Waals surface area contributed by atoms with Gasteiger partial charge < -0.3 is 4.42 Å². The van der Waals surface area contributed by atoms with E-state index in [1.54, 1.807) is 24.8 Å². The number of Topliss-reactive ketones (excluding diaryl/α,β-unsaturated/α-hetero) is 1.